The number of fused-ring (bicyclic) bond motifs is 2. The molecule has 60 heavy (non-hydrogen) atoms. The van der Waals surface area contributed by atoms with Crippen molar-refractivity contribution in [3.05, 3.63) is 75.9 Å². The third kappa shape index (κ3) is 13.4. The molecular formula is C43H52N6O11. The SMILES string of the molecule is CC(=O)NCCCC[C@H](NC(=O)CNC(=O)[C@H](CC(C)C)NC(=O)CCCCCNC(=O)c1ccc(-c2c3ccc(=O)cc-3oc3cc(O)ccc23)c(C(=O)O)c1)C(N)=O. The fourth-order valence-electron chi connectivity index (χ4n) is 6.65. The van der Waals surface area contributed by atoms with Gasteiger partial charge in [0.15, 0.2) is 5.43 Å². The summed E-state index contributed by atoms with van der Waals surface area (Å²) in [6.45, 7) is 5.41. The maximum absolute atomic E-state index is 13.1. The summed E-state index contributed by atoms with van der Waals surface area (Å²) in [6.07, 6.45) is 3.31. The van der Waals surface area contributed by atoms with E-state index in [1.165, 1.54) is 55.5 Å². The Morgan fingerprint density at radius 1 is 0.767 bits per heavy atom. The Balaban J connectivity index is 1.26. The van der Waals surface area contributed by atoms with E-state index in [-0.39, 0.29) is 76.3 Å². The average molecular weight is 829 g/mol. The van der Waals surface area contributed by atoms with E-state index in [0.29, 0.717) is 61.6 Å². The molecule has 17 nitrogen and oxygen atoms in total. The number of carbonyl (C=O) groups is 7. The van der Waals surface area contributed by atoms with Gasteiger partial charge in [-0.05, 0) is 86.4 Å². The molecule has 0 saturated heterocycles. The first-order valence-corrected chi connectivity index (χ1v) is 19.8. The lowest BCUT2D eigenvalue weighted by atomic mass is 9.90. The lowest BCUT2D eigenvalue weighted by molar-refractivity contribution is -0.131. The van der Waals surface area contributed by atoms with Crippen LogP contribution in [0.3, 0.4) is 0 Å². The van der Waals surface area contributed by atoms with E-state index < -0.39 is 48.2 Å². The molecule has 17 heteroatoms. The molecule has 2 aromatic rings. The number of unbranched alkanes of at least 4 members (excludes halogenated alkanes) is 3. The first-order valence-electron chi connectivity index (χ1n) is 19.8. The standard InChI is InChI=1S/C43H52N6O11/c1-24(2)19-34(42(57)47-23-38(54)48-33(40(44)55)9-6-8-17-45-25(3)50)49-37(53)10-5-4-7-18-46-41(56)26-11-14-29(32(20-26)43(58)59)39-30-15-12-27(51)21-35(30)60-36-22-28(52)13-16-31(36)39/h11-16,20-22,24,33-34,51H,4-10,17-19,23H2,1-3H3,(H2,44,55)(H,45,50)(H,46,56)(H,47,57)(H,48,54)(H,49,53)(H,58,59)/t33-,34-/m0/s1. The first-order chi connectivity index (χ1) is 28.5. The van der Waals surface area contributed by atoms with Crippen LogP contribution in [0.15, 0.2) is 63.8 Å². The van der Waals surface area contributed by atoms with Gasteiger partial charge in [0.25, 0.3) is 5.91 Å². The second kappa shape index (κ2) is 21.8. The van der Waals surface area contributed by atoms with Gasteiger partial charge in [-0.3, -0.25) is 33.6 Å². The van der Waals surface area contributed by atoms with Gasteiger partial charge < -0.3 is 46.9 Å². The van der Waals surface area contributed by atoms with E-state index in [2.05, 4.69) is 26.6 Å². The van der Waals surface area contributed by atoms with Gasteiger partial charge in [0.2, 0.25) is 29.5 Å². The molecule has 1 heterocycles. The van der Waals surface area contributed by atoms with Crippen LogP contribution in [-0.2, 0) is 24.0 Å². The third-order valence-electron chi connectivity index (χ3n) is 9.58. The highest BCUT2D eigenvalue weighted by Gasteiger charge is 2.25. The number of nitrogens with two attached hydrogens (primary N) is 1. The number of benzene rings is 3. The maximum Gasteiger partial charge on any atom is 0.336 e. The van der Waals surface area contributed by atoms with E-state index in [1.807, 2.05) is 13.8 Å². The average Bonchev–Trinajstić information content (AvgIpc) is 3.18. The molecular weight excluding hydrogens is 777 g/mol. The minimum atomic E-state index is -1.28. The highest BCUT2D eigenvalue weighted by molar-refractivity contribution is 6.09. The van der Waals surface area contributed by atoms with Crippen molar-refractivity contribution in [3.63, 3.8) is 0 Å². The van der Waals surface area contributed by atoms with Crippen LogP contribution in [0.2, 0.25) is 0 Å². The van der Waals surface area contributed by atoms with Crippen molar-refractivity contribution in [1.29, 1.82) is 0 Å². The molecule has 0 aromatic heterocycles. The number of primary amides is 1. The molecule has 9 N–H and O–H groups in total. The molecule has 0 spiro atoms. The summed E-state index contributed by atoms with van der Waals surface area (Å²) >= 11 is 0. The zero-order valence-electron chi connectivity index (χ0n) is 33.9. The topological polar surface area (TPSA) is 276 Å². The number of hydrogen-bond donors (Lipinski definition) is 8. The Morgan fingerprint density at radius 2 is 1.47 bits per heavy atom. The molecule has 0 saturated carbocycles. The van der Waals surface area contributed by atoms with Crippen LogP contribution in [0.4, 0.5) is 0 Å². The number of phenols is 1. The molecule has 0 radical (unpaired) electrons. The highest BCUT2D eigenvalue weighted by atomic mass is 16.4. The summed E-state index contributed by atoms with van der Waals surface area (Å²) in [5.41, 5.74) is 6.51. The monoisotopic (exact) mass is 828 g/mol. The summed E-state index contributed by atoms with van der Waals surface area (Å²) in [6, 6.07) is 11.0. The van der Waals surface area contributed by atoms with E-state index >= 15 is 0 Å². The molecule has 1 aliphatic carbocycles. The molecule has 0 bridgehead atoms. The quantitative estimate of drug-likeness (QED) is 0.0421. The van der Waals surface area contributed by atoms with Crippen LogP contribution in [-0.4, -0.2) is 83.3 Å². The number of nitrogens with one attached hydrogen (secondary N) is 5. The summed E-state index contributed by atoms with van der Waals surface area (Å²) in [5, 5.41) is 33.9. The van der Waals surface area contributed by atoms with Crippen molar-refractivity contribution >= 4 is 52.4 Å². The van der Waals surface area contributed by atoms with Gasteiger partial charge in [0.1, 0.15) is 29.2 Å². The number of carboxylic acids is 1. The van der Waals surface area contributed by atoms with E-state index in [0.717, 1.165) is 0 Å². The fraction of sp³-hybridized carbons (Fsp3) is 0.395. The summed E-state index contributed by atoms with van der Waals surface area (Å²) in [7, 11) is 0. The number of carboxylic acid groups (broad SMARTS) is 1. The van der Waals surface area contributed by atoms with Gasteiger partial charge in [-0.25, -0.2) is 4.79 Å². The van der Waals surface area contributed by atoms with Crippen molar-refractivity contribution in [2.75, 3.05) is 19.6 Å². The van der Waals surface area contributed by atoms with Crippen LogP contribution < -0.4 is 37.7 Å². The molecule has 1 aliphatic heterocycles. The molecule has 0 fully saturated rings. The highest BCUT2D eigenvalue weighted by Crippen LogP contribution is 2.42. The Labute approximate surface area is 346 Å². The zero-order chi connectivity index (χ0) is 43.9. The Morgan fingerprint density at radius 3 is 2.17 bits per heavy atom. The van der Waals surface area contributed by atoms with Crippen molar-refractivity contribution in [2.45, 2.75) is 84.2 Å². The molecule has 2 atom stereocenters. The number of amides is 6. The largest absolute Gasteiger partial charge is 0.508 e. The number of carbonyl (C=O) groups excluding carboxylic acids is 6. The van der Waals surface area contributed by atoms with Crippen molar-refractivity contribution < 1.29 is 48.2 Å². The van der Waals surface area contributed by atoms with E-state index in [9.17, 15) is 48.6 Å². The van der Waals surface area contributed by atoms with Gasteiger partial charge >= 0.3 is 5.97 Å². The van der Waals surface area contributed by atoms with Crippen LogP contribution in [0.1, 0.15) is 92.9 Å². The Hall–Kier alpha value is -6.78. The summed E-state index contributed by atoms with van der Waals surface area (Å²) < 4.78 is 5.87. The van der Waals surface area contributed by atoms with Crippen molar-refractivity contribution in [3.8, 4) is 28.2 Å². The first kappa shape index (κ1) is 45.9. The summed E-state index contributed by atoms with van der Waals surface area (Å²) in [4.78, 5) is 98.9. The van der Waals surface area contributed by atoms with Gasteiger partial charge in [-0.1, -0.05) is 26.3 Å². The molecule has 2 aromatic carbocycles. The van der Waals surface area contributed by atoms with Crippen molar-refractivity contribution in [1.82, 2.24) is 26.6 Å². The summed E-state index contributed by atoms with van der Waals surface area (Å²) in [5.74, 6) is -4.06. The smallest absolute Gasteiger partial charge is 0.336 e. The number of phenolic OH excluding ortho intramolecular Hbond substituents is 1. The normalized spacial score (nSPS) is 12.1. The number of hydrogen-bond acceptors (Lipinski definition) is 10. The number of rotatable bonds is 22. The lowest BCUT2D eigenvalue weighted by Gasteiger charge is -2.21. The Kier molecular flexibility index (Phi) is 16.7. The van der Waals surface area contributed by atoms with Crippen LogP contribution in [0.5, 0.6) is 5.75 Å². The zero-order valence-corrected chi connectivity index (χ0v) is 33.9. The fourth-order valence-corrected chi connectivity index (χ4v) is 6.65. The van der Waals surface area contributed by atoms with E-state index in [1.54, 1.807) is 6.07 Å². The van der Waals surface area contributed by atoms with Crippen LogP contribution in [0, 0.1) is 5.92 Å². The third-order valence-corrected chi connectivity index (χ3v) is 9.58. The van der Waals surface area contributed by atoms with Gasteiger partial charge in [0, 0.05) is 60.6 Å². The minimum Gasteiger partial charge on any atom is -0.508 e. The molecule has 0 unspecified atom stereocenters. The molecule has 320 valence electrons. The lowest BCUT2D eigenvalue weighted by Crippen LogP contribution is -2.51. The van der Waals surface area contributed by atoms with Gasteiger partial charge in [-0.15, -0.1) is 0 Å². The number of aromatic hydroxyl groups is 1. The molecule has 4 rings (SSSR count). The van der Waals surface area contributed by atoms with Gasteiger partial charge in [0.05, 0.1) is 12.1 Å². The maximum atomic E-state index is 13.1. The molecule has 6 amide bonds. The van der Waals surface area contributed by atoms with Crippen molar-refractivity contribution in [2.24, 2.45) is 11.7 Å². The van der Waals surface area contributed by atoms with Crippen LogP contribution in [0.25, 0.3) is 33.4 Å². The minimum absolute atomic E-state index is 0.0376. The predicted molar refractivity (Wildman–Crippen MR) is 222 cm³/mol. The van der Waals surface area contributed by atoms with Crippen LogP contribution >= 0.6 is 0 Å². The van der Waals surface area contributed by atoms with E-state index in [4.69, 9.17) is 10.2 Å². The molecule has 2 aliphatic rings. The number of aromatic carboxylic acids is 1. The van der Waals surface area contributed by atoms with Gasteiger partial charge in [-0.2, -0.15) is 0 Å². The Bertz CT molecular complexity index is 2250. The predicted octanol–water partition coefficient (Wildman–Crippen LogP) is 3.18. The second-order valence-corrected chi connectivity index (χ2v) is 14.9. The second-order valence-electron chi connectivity index (χ2n) is 14.9.